The Labute approximate surface area is 68.3 Å². The molecule has 0 saturated carbocycles. The number of carbonyl (C=O) groups is 1. The Morgan fingerprint density at radius 3 is 2.00 bits per heavy atom. The van der Waals surface area contributed by atoms with Crippen molar-refractivity contribution in [3.05, 3.63) is 0 Å². The summed E-state index contributed by atoms with van der Waals surface area (Å²) >= 11 is 0. The van der Waals surface area contributed by atoms with Crippen LogP contribution in [-0.2, 0) is 4.74 Å². The van der Waals surface area contributed by atoms with Crippen LogP contribution >= 0.6 is 0 Å². The Morgan fingerprint density at radius 2 is 1.91 bits per heavy atom. The summed E-state index contributed by atoms with van der Waals surface area (Å²) in [5, 5.41) is 0. The number of likely N-dealkylation sites (N-methyl/N-ethyl adjacent to an activating group) is 1. The van der Waals surface area contributed by atoms with Gasteiger partial charge in [0.05, 0.1) is 6.54 Å². The Bertz CT molecular complexity index is 143. The van der Waals surface area contributed by atoms with Crippen LogP contribution in [0.5, 0.6) is 0 Å². The van der Waals surface area contributed by atoms with E-state index in [4.69, 9.17) is 4.74 Å². The SMILES string of the molecule is CC.CN1CC(C)(C)OC1=O. The summed E-state index contributed by atoms with van der Waals surface area (Å²) in [7, 11) is 1.73. The number of cyclic esters (lactones) is 1. The van der Waals surface area contributed by atoms with Crippen LogP contribution < -0.4 is 0 Å². The number of amides is 1. The average molecular weight is 159 g/mol. The molecule has 1 fully saturated rings. The number of hydrogen-bond donors (Lipinski definition) is 0. The van der Waals surface area contributed by atoms with Gasteiger partial charge in [-0.05, 0) is 13.8 Å². The van der Waals surface area contributed by atoms with E-state index in [1.165, 1.54) is 0 Å². The maximum absolute atomic E-state index is 10.7. The fraction of sp³-hybridized carbons (Fsp3) is 0.875. The van der Waals surface area contributed by atoms with E-state index in [0.29, 0.717) is 6.54 Å². The molecule has 0 aromatic rings. The highest BCUT2D eigenvalue weighted by Gasteiger charge is 2.34. The third-order valence-electron chi connectivity index (χ3n) is 1.29. The van der Waals surface area contributed by atoms with E-state index in [9.17, 15) is 4.79 Å². The monoisotopic (exact) mass is 159 g/mol. The van der Waals surface area contributed by atoms with Gasteiger partial charge in [-0.15, -0.1) is 0 Å². The van der Waals surface area contributed by atoms with Gasteiger partial charge in [-0.25, -0.2) is 4.79 Å². The molecule has 1 aliphatic rings. The van der Waals surface area contributed by atoms with Gasteiger partial charge in [-0.3, -0.25) is 0 Å². The lowest BCUT2D eigenvalue weighted by molar-refractivity contribution is 0.0861. The van der Waals surface area contributed by atoms with Crippen molar-refractivity contribution in [1.82, 2.24) is 4.90 Å². The molecule has 1 aliphatic heterocycles. The van der Waals surface area contributed by atoms with E-state index in [2.05, 4.69) is 0 Å². The predicted octanol–water partition coefficient (Wildman–Crippen LogP) is 1.87. The molecule has 1 heterocycles. The minimum atomic E-state index is -0.286. The first kappa shape index (κ1) is 10.3. The van der Waals surface area contributed by atoms with Gasteiger partial charge >= 0.3 is 6.09 Å². The molecule has 0 unspecified atom stereocenters. The molecule has 1 saturated heterocycles. The highest BCUT2D eigenvalue weighted by Crippen LogP contribution is 2.19. The summed E-state index contributed by atoms with van der Waals surface area (Å²) in [4.78, 5) is 12.3. The smallest absolute Gasteiger partial charge is 0.410 e. The zero-order chi connectivity index (χ0) is 9.07. The van der Waals surface area contributed by atoms with E-state index < -0.39 is 0 Å². The predicted molar refractivity (Wildman–Crippen MR) is 44.5 cm³/mol. The molecule has 66 valence electrons. The summed E-state index contributed by atoms with van der Waals surface area (Å²) in [6.45, 7) is 8.48. The minimum absolute atomic E-state index is 0.222. The number of carbonyl (C=O) groups excluding carboxylic acids is 1. The highest BCUT2D eigenvalue weighted by molar-refractivity contribution is 5.70. The topological polar surface area (TPSA) is 29.5 Å². The van der Waals surface area contributed by atoms with Gasteiger partial charge in [0.25, 0.3) is 0 Å². The van der Waals surface area contributed by atoms with E-state index in [1.807, 2.05) is 27.7 Å². The highest BCUT2D eigenvalue weighted by atomic mass is 16.6. The van der Waals surface area contributed by atoms with Gasteiger partial charge in [0.15, 0.2) is 0 Å². The lowest BCUT2D eigenvalue weighted by atomic mass is 10.1. The molecular formula is C8H17NO2. The van der Waals surface area contributed by atoms with Crippen LogP contribution in [0.4, 0.5) is 4.79 Å². The molecule has 0 spiro atoms. The zero-order valence-corrected chi connectivity index (χ0v) is 7.97. The van der Waals surface area contributed by atoms with Crippen LogP contribution in [0.3, 0.4) is 0 Å². The normalized spacial score (nSPS) is 20.5. The molecule has 1 rings (SSSR count). The molecule has 0 aromatic carbocycles. The van der Waals surface area contributed by atoms with Gasteiger partial charge in [-0.1, -0.05) is 13.8 Å². The summed E-state index contributed by atoms with van der Waals surface area (Å²) in [6.07, 6.45) is -0.222. The first-order valence-corrected chi connectivity index (χ1v) is 3.95. The zero-order valence-electron chi connectivity index (χ0n) is 7.97. The number of rotatable bonds is 0. The van der Waals surface area contributed by atoms with E-state index in [-0.39, 0.29) is 11.7 Å². The molecule has 3 heteroatoms. The third kappa shape index (κ3) is 2.78. The Balaban J connectivity index is 0.000000461. The molecule has 3 nitrogen and oxygen atoms in total. The average Bonchev–Trinajstić information content (AvgIpc) is 2.10. The number of hydrogen-bond acceptors (Lipinski definition) is 2. The van der Waals surface area contributed by atoms with Crippen molar-refractivity contribution in [2.75, 3.05) is 13.6 Å². The molecule has 11 heavy (non-hydrogen) atoms. The molecule has 0 aromatic heterocycles. The van der Waals surface area contributed by atoms with Gasteiger partial charge in [0.2, 0.25) is 0 Å². The van der Waals surface area contributed by atoms with Crippen LogP contribution in [0.15, 0.2) is 0 Å². The number of nitrogens with zero attached hydrogens (tertiary/aromatic N) is 1. The van der Waals surface area contributed by atoms with Crippen molar-refractivity contribution < 1.29 is 9.53 Å². The first-order chi connectivity index (χ1) is 5.01. The van der Waals surface area contributed by atoms with Crippen LogP contribution in [0.2, 0.25) is 0 Å². The second-order valence-corrected chi connectivity index (χ2v) is 2.98. The van der Waals surface area contributed by atoms with Gasteiger partial charge < -0.3 is 9.64 Å². The van der Waals surface area contributed by atoms with Crippen molar-refractivity contribution in [2.24, 2.45) is 0 Å². The Morgan fingerprint density at radius 1 is 1.45 bits per heavy atom. The maximum atomic E-state index is 10.7. The van der Waals surface area contributed by atoms with Crippen molar-refractivity contribution in [3.8, 4) is 0 Å². The van der Waals surface area contributed by atoms with Crippen molar-refractivity contribution >= 4 is 6.09 Å². The number of ether oxygens (including phenoxy) is 1. The Kier molecular flexibility index (Phi) is 3.36. The summed E-state index contributed by atoms with van der Waals surface area (Å²) < 4.78 is 4.95. The fourth-order valence-corrected chi connectivity index (χ4v) is 0.982. The maximum Gasteiger partial charge on any atom is 0.410 e. The molecule has 1 amide bonds. The standard InChI is InChI=1S/C6H11NO2.C2H6/c1-6(2)4-7(3)5(8)9-6;1-2/h4H2,1-3H3;1-2H3. The van der Waals surface area contributed by atoms with E-state index in [1.54, 1.807) is 11.9 Å². The van der Waals surface area contributed by atoms with Crippen LogP contribution in [0.1, 0.15) is 27.7 Å². The van der Waals surface area contributed by atoms with E-state index in [0.717, 1.165) is 0 Å². The summed E-state index contributed by atoms with van der Waals surface area (Å²) in [6, 6.07) is 0. The molecule has 0 bridgehead atoms. The largest absolute Gasteiger partial charge is 0.442 e. The lowest BCUT2D eigenvalue weighted by Crippen LogP contribution is -2.25. The van der Waals surface area contributed by atoms with Crippen molar-refractivity contribution in [1.29, 1.82) is 0 Å². The molecule has 0 N–H and O–H groups in total. The van der Waals surface area contributed by atoms with Gasteiger partial charge in [-0.2, -0.15) is 0 Å². The molecular weight excluding hydrogens is 142 g/mol. The second-order valence-electron chi connectivity index (χ2n) is 2.98. The van der Waals surface area contributed by atoms with Crippen molar-refractivity contribution in [3.63, 3.8) is 0 Å². The molecule has 0 atom stereocenters. The molecule has 0 radical (unpaired) electrons. The summed E-state index contributed by atoms with van der Waals surface area (Å²) in [5.74, 6) is 0. The van der Waals surface area contributed by atoms with Crippen LogP contribution in [0.25, 0.3) is 0 Å². The van der Waals surface area contributed by atoms with Gasteiger partial charge in [0.1, 0.15) is 5.60 Å². The summed E-state index contributed by atoms with van der Waals surface area (Å²) in [5.41, 5.74) is -0.286. The van der Waals surface area contributed by atoms with Crippen LogP contribution in [-0.4, -0.2) is 30.2 Å². The first-order valence-electron chi connectivity index (χ1n) is 3.95. The van der Waals surface area contributed by atoms with Crippen LogP contribution in [0, 0.1) is 0 Å². The minimum Gasteiger partial charge on any atom is -0.442 e. The third-order valence-corrected chi connectivity index (χ3v) is 1.29. The second kappa shape index (κ2) is 3.60. The van der Waals surface area contributed by atoms with E-state index >= 15 is 0 Å². The fourth-order valence-electron chi connectivity index (χ4n) is 0.982. The van der Waals surface area contributed by atoms with Gasteiger partial charge in [0, 0.05) is 7.05 Å². The molecule has 0 aliphatic carbocycles. The van der Waals surface area contributed by atoms with Crippen molar-refractivity contribution in [2.45, 2.75) is 33.3 Å². The quantitative estimate of drug-likeness (QED) is 0.540. The lowest BCUT2D eigenvalue weighted by Gasteiger charge is -2.12. The Hall–Kier alpha value is -0.730.